The number of nitrogens with zero attached hydrogens (tertiary/aromatic N) is 2. The van der Waals surface area contributed by atoms with Crippen LogP contribution in [-0.4, -0.2) is 0 Å². The molecular formula is C58H44N2O. The lowest BCUT2D eigenvalue weighted by Crippen LogP contribution is -2.18. The standard InChI is InChI=1S/C58H44N2O/c1-57(2)48-26-13-11-21-41(48)43-31-29-39(35-50(43)57)60(40-30-32-44-42-22-12-14-27-49(42)58(3,4)51(44)36-40)52-33-34-54-55-45(23-15-25-47(52)55)46-24-16-28-53(56(46)61-54)59(37-17-7-5-8-18-37)38-19-9-6-10-20-38/h5-36H,1-4H3. The van der Waals surface area contributed by atoms with E-state index in [1.807, 2.05) is 0 Å². The first-order valence-corrected chi connectivity index (χ1v) is 21.4. The zero-order chi connectivity index (χ0) is 41.0. The maximum absolute atomic E-state index is 7.14. The number of benzene rings is 9. The Labute approximate surface area is 357 Å². The molecule has 0 saturated heterocycles. The van der Waals surface area contributed by atoms with Crippen LogP contribution in [0, 0.1) is 0 Å². The lowest BCUT2D eigenvalue weighted by molar-refractivity contribution is 0.488. The van der Waals surface area contributed by atoms with Crippen molar-refractivity contribution in [1.82, 2.24) is 0 Å². The van der Waals surface area contributed by atoms with Crippen molar-refractivity contribution in [1.29, 1.82) is 0 Å². The fraction of sp³-hybridized carbons (Fsp3) is 0.103. The minimum Gasteiger partial charge on any atom is -0.454 e. The summed E-state index contributed by atoms with van der Waals surface area (Å²) in [7, 11) is 0. The van der Waals surface area contributed by atoms with E-state index < -0.39 is 0 Å². The van der Waals surface area contributed by atoms with Gasteiger partial charge in [-0.3, -0.25) is 0 Å². The van der Waals surface area contributed by atoms with Crippen molar-refractivity contribution in [3.8, 4) is 44.9 Å². The molecule has 3 heteroatoms. The van der Waals surface area contributed by atoms with E-state index in [1.54, 1.807) is 0 Å². The normalized spacial score (nSPS) is 14.3. The smallest absolute Gasteiger partial charge is 0.159 e. The molecule has 1 heterocycles. The van der Waals surface area contributed by atoms with Gasteiger partial charge >= 0.3 is 0 Å². The van der Waals surface area contributed by atoms with Gasteiger partial charge in [-0.2, -0.15) is 0 Å². The molecule has 0 atom stereocenters. The summed E-state index contributed by atoms with van der Waals surface area (Å²) in [6.07, 6.45) is 0. The third kappa shape index (κ3) is 5.17. The molecule has 2 aliphatic carbocycles. The molecule has 61 heavy (non-hydrogen) atoms. The first-order valence-electron chi connectivity index (χ1n) is 21.4. The topological polar surface area (TPSA) is 15.7 Å². The molecule has 12 rings (SSSR count). The molecule has 9 aromatic carbocycles. The van der Waals surface area contributed by atoms with Gasteiger partial charge in [0.2, 0.25) is 0 Å². The van der Waals surface area contributed by atoms with Crippen LogP contribution in [0.3, 0.4) is 0 Å². The van der Waals surface area contributed by atoms with Gasteiger partial charge in [-0.1, -0.05) is 155 Å². The average Bonchev–Trinajstić information content (AvgIpc) is 3.67. The van der Waals surface area contributed by atoms with E-state index >= 15 is 0 Å². The fourth-order valence-corrected chi connectivity index (χ4v) is 10.7. The number of para-hydroxylation sites is 3. The van der Waals surface area contributed by atoms with Crippen molar-refractivity contribution >= 4 is 44.9 Å². The van der Waals surface area contributed by atoms with Gasteiger partial charge in [-0.05, 0) is 117 Å². The molecule has 0 saturated carbocycles. The summed E-state index contributed by atoms with van der Waals surface area (Å²) in [4.78, 5) is 4.78. The molecular weight excluding hydrogens is 741 g/mol. The van der Waals surface area contributed by atoms with Gasteiger partial charge in [-0.25, -0.2) is 0 Å². The summed E-state index contributed by atoms with van der Waals surface area (Å²) in [5.41, 5.74) is 19.2. The Morgan fingerprint density at radius 1 is 0.344 bits per heavy atom. The Hall–Kier alpha value is -7.36. The maximum Gasteiger partial charge on any atom is 0.159 e. The predicted octanol–water partition coefficient (Wildman–Crippen LogP) is 16.2. The van der Waals surface area contributed by atoms with E-state index in [1.165, 1.54) is 44.5 Å². The highest BCUT2D eigenvalue weighted by atomic mass is 16.5. The second-order valence-corrected chi connectivity index (χ2v) is 17.7. The van der Waals surface area contributed by atoms with Gasteiger partial charge in [0.25, 0.3) is 0 Å². The first-order chi connectivity index (χ1) is 29.8. The Morgan fingerprint density at radius 3 is 1.41 bits per heavy atom. The molecule has 0 bridgehead atoms. The fourth-order valence-electron chi connectivity index (χ4n) is 10.7. The van der Waals surface area contributed by atoms with Crippen LogP contribution in [0.2, 0.25) is 0 Å². The minimum absolute atomic E-state index is 0.141. The van der Waals surface area contributed by atoms with E-state index in [2.05, 4.69) is 232 Å². The van der Waals surface area contributed by atoms with E-state index in [0.29, 0.717) is 0 Å². The van der Waals surface area contributed by atoms with Crippen molar-refractivity contribution < 1.29 is 4.74 Å². The van der Waals surface area contributed by atoms with Gasteiger partial charge in [0.05, 0.1) is 11.4 Å². The molecule has 0 fully saturated rings. The monoisotopic (exact) mass is 784 g/mol. The Balaban J connectivity index is 1.06. The van der Waals surface area contributed by atoms with Crippen molar-refractivity contribution in [2.24, 2.45) is 0 Å². The molecule has 0 amide bonds. The molecule has 9 aromatic rings. The molecule has 0 spiro atoms. The first kappa shape index (κ1) is 35.6. The number of ether oxygens (including phenoxy) is 1. The quantitative estimate of drug-likeness (QED) is 0.167. The van der Waals surface area contributed by atoms with Gasteiger partial charge in [-0.15, -0.1) is 0 Å². The minimum atomic E-state index is -0.141. The van der Waals surface area contributed by atoms with Gasteiger partial charge < -0.3 is 14.5 Å². The summed E-state index contributed by atoms with van der Waals surface area (Å²) in [6.45, 7) is 9.46. The number of rotatable bonds is 6. The summed E-state index contributed by atoms with van der Waals surface area (Å²) >= 11 is 0. The average molecular weight is 785 g/mol. The predicted molar refractivity (Wildman–Crippen MR) is 254 cm³/mol. The summed E-state index contributed by atoms with van der Waals surface area (Å²) < 4.78 is 7.14. The summed E-state index contributed by atoms with van der Waals surface area (Å²) in [5, 5.41) is 2.25. The molecule has 1 aliphatic heterocycles. The van der Waals surface area contributed by atoms with Crippen LogP contribution in [0.1, 0.15) is 49.9 Å². The highest BCUT2D eigenvalue weighted by Gasteiger charge is 2.38. The van der Waals surface area contributed by atoms with Crippen LogP contribution in [-0.2, 0) is 10.8 Å². The van der Waals surface area contributed by atoms with Gasteiger partial charge in [0.15, 0.2) is 5.75 Å². The van der Waals surface area contributed by atoms with Crippen molar-refractivity contribution in [3.05, 3.63) is 216 Å². The third-order valence-electron chi connectivity index (χ3n) is 13.6. The molecule has 3 nitrogen and oxygen atoms in total. The van der Waals surface area contributed by atoms with Crippen LogP contribution in [0.25, 0.3) is 44.2 Å². The number of fused-ring (bicyclic) bond motifs is 8. The second-order valence-electron chi connectivity index (χ2n) is 17.7. The lowest BCUT2D eigenvalue weighted by atomic mass is 9.82. The molecule has 0 aromatic heterocycles. The maximum atomic E-state index is 7.14. The van der Waals surface area contributed by atoms with Crippen molar-refractivity contribution in [2.45, 2.75) is 38.5 Å². The van der Waals surface area contributed by atoms with E-state index in [-0.39, 0.29) is 10.8 Å². The Kier molecular flexibility index (Phi) is 7.62. The van der Waals surface area contributed by atoms with Crippen molar-refractivity contribution in [2.75, 3.05) is 9.80 Å². The summed E-state index contributed by atoms with van der Waals surface area (Å²) in [5.74, 6) is 1.70. The molecule has 0 N–H and O–H groups in total. The Bertz CT molecular complexity index is 3090. The SMILES string of the molecule is CC1(C)c2ccccc2-c2ccc(N(c3ccc4c(c3)C(C)(C)c3ccccc3-4)c3ccc4c5c(cccc35)-c3cccc(N(c5ccccc5)c5ccccc5)c3O4)cc21. The van der Waals surface area contributed by atoms with Crippen molar-refractivity contribution in [3.63, 3.8) is 0 Å². The van der Waals surface area contributed by atoms with E-state index in [4.69, 9.17) is 4.74 Å². The zero-order valence-electron chi connectivity index (χ0n) is 34.8. The van der Waals surface area contributed by atoms with E-state index in [9.17, 15) is 0 Å². The third-order valence-corrected chi connectivity index (χ3v) is 13.6. The largest absolute Gasteiger partial charge is 0.454 e. The van der Waals surface area contributed by atoms with Crippen LogP contribution in [0.15, 0.2) is 194 Å². The number of hydrogen-bond donors (Lipinski definition) is 0. The van der Waals surface area contributed by atoms with Gasteiger partial charge in [0.1, 0.15) is 5.75 Å². The molecule has 0 radical (unpaired) electrons. The highest BCUT2D eigenvalue weighted by Crippen LogP contribution is 2.57. The lowest BCUT2D eigenvalue weighted by Gasteiger charge is -2.33. The zero-order valence-corrected chi connectivity index (χ0v) is 34.8. The molecule has 292 valence electrons. The van der Waals surface area contributed by atoms with Crippen LogP contribution >= 0.6 is 0 Å². The number of hydrogen-bond acceptors (Lipinski definition) is 3. The van der Waals surface area contributed by atoms with Crippen LogP contribution < -0.4 is 14.5 Å². The molecule has 3 aliphatic rings. The highest BCUT2D eigenvalue weighted by molar-refractivity contribution is 6.12. The van der Waals surface area contributed by atoms with Crippen LogP contribution in [0.5, 0.6) is 11.5 Å². The van der Waals surface area contributed by atoms with E-state index in [0.717, 1.165) is 67.5 Å². The Morgan fingerprint density at radius 2 is 0.820 bits per heavy atom. The van der Waals surface area contributed by atoms with Gasteiger partial charge in [0, 0.05) is 49.9 Å². The number of anilines is 6. The summed E-state index contributed by atoms with van der Waals surface area (Å²) in [6, 6.07) is 70.8. The second kappa shape index (κ2) is 13.1. The van der Waals surface area contributed by atoms with Crippen LogP contribution in [0.4, 0.5) is 34.1 Å². The molecule has 0 unspecified atom stereocenters.